The summed E-state index contributed by atoms with van der Waals surface area (Å²) in [7, 11) is 0.0787. The van der Waals surface area contributed by atoms with Crippen LogP contribution in [0.15, 0.2) is 23.2 Å². The van der Waals surface area contributed by atoms with Crippen molar-refractivity contribution in [2.75, 3.05) is 12.8 Å². The number of nitrogens with two attached hydrogens (primary N) is 1. The number of aliphatic imine (C=N–C) groups is 1. The third-order valence-electron chi connectivity index (χ3n) is 2.77. The Morgan fingerprint density at radius 2 is 2.32 bits per heavy atom. The monoisotopic (exact) mass is 286 g/mol. The summed E-state index contributed by atoms with van der Waals surface area (Å²) < 4.78 is 26.7. The van der Waals surface area contributed by atoms with E-state index in [0.717, 1.165) is 18.2 Å². The maximum atomic E-state index is 13.7. The van der Waals surface area contributed by atoms with Crippen LogP contribution in [0, 0.1) is 15.9 Å². The van der Waals surface area contributed by atoms with Crippen LogP contribution in [0.3, 0.4) is 0 Å². The van der Waals surface area contributed by atoms with Crippen LogP contribution in [0.5, 0.6) is 0 Å². The lowest BCUT2D eigenvalue weighted by Crippen LogP contribution is -2.41. The zero-order chi connectivity index (χ0) is 14.2. The molecule has 2 rings (SSSR count). The Kier molecular flexibility index (Phi) is 3.47. The van der Waals surface area contributed by atoms with Crippen molar-refractivity contribution in [2.45, 2.75) is 6.04 Å². The minimum absolute atomic E-state index is 0.0143. The first-order valence-electron chi connectivity index (χ1n) is 5.29. The fourth-order valence-corrected chi connectivity index (χ4v) is 2.69. The van der Waals surface area contributed by atoms with E-state index in [-0.39, 0.29) is 23.0 Å². The molecule has 1 heterocycles. The van der Waals surface area contributed by atoms with Gasteiger partial charge in [0.2, 0.25) is 5.96 Å². The van der Waals surface area contributed by atoms with E-state index in [2.05, 4.69) is 4.99 Å². The van der Waals surface area contributed by atoms with E-state index in [1.807, 2.05) is 0 Å². The molecule has 0 saturated carbocycles. The number of halogens is 1. The largest absolute Gasteiger partial charge is 0.369 e. The van der Waals surface area contributed by atoms with Crippen LogP contribution in [0.25, 0.3) is 0 Å². The summed E-state index contributed by atoms with van der Waals surface area (Å²) in [5, 5.41) is 10.7. The average Bonchev–Trinajstić information content (AvgIpc) is 2.35. The topological polar surface area (TPSA) is 102 Å². The standard InChI is InChI=1S/C10H11FN4O3S/c1-14-10(12)13-9(5-19(14)18)7-4-6(15(16)17)2-3-8(7)11/h2-4,9H,5H2,1H3,(H2,12,13). The Labute approximate surface area is 110 Å². The molecule has 1 aliphatic heterocycles. The normalized spacial score (nSPS) is 23.1. The van der Waals surface area contributed by atoms with Crippen LogP contribution in [-0.2, 0) is 11.0 Å². The smallest absolute Gasteiger partial charge is 0.269 e. The number of non-ortho nitro benzene ring substituents is 1. The second-order valence-electron chi connectivity index (χ2n) is 3.95. The van der Waals surface area contributed by atoms with Crippen LogP contribution >= 0.6 is 0 Å². The lowest BCUT2D eigenvalue weighted by atomic mass is 10.1. The number of hydrogen-bond donors (Lipinski definition) is 1. The van der Waals surface area contributed by atoms with Gasteiger partial charge in [-0.25, -0.2) is 13.6 Å². The molecule has 0 spiro atoms. The van der Waals surface area contributed by atoms with Gasteiger partial charge in [-0.2, -0.15) is 0 Å². The molecule has 102 valence electrons. The van der Waals surface area contributed by atoms with Gasteiger partial charge in [0.25, 0.3) is 5.69 Å². The van der Waals surface area contributed by atoms with Crippen molar-refractivity contribution in [3.63, 3.8) is 0 Å². The molecule has 2 atom stereocenters. The van der Waals surface area contributed by atoms with Gasteiger partial charge in [0.1, 0.15) is 16.8 Å². The summed E-state index contributed by atoms with van der Waals surface area (Å²) in [6.45, 7) is 0. The number of nitro groups is 1. The highest BCUT2D eigenvalue weighted by Gasteiger charge is 2.27. The van der Waals surface area contributed by atoms with Crippen molar-refractivity contribution in [3.05, 3.63) is 39.7 Å². The Hall–Kier alpha value is -2.03. The number of benzene rings is 1. The number of nitro benzene ring substituents is 1. The van der Waals surface area contributed by atoms with Crippen LogP contribution in [0.2, 0.25) is 0 Å². The molecule has 0 saturated heterocycles. The van der Waals surface area contributed by atoms with Gasteiger partial charge in [-0.15, -0.1) is 0 Å². The van der Waals surface area contributed by atoms with E-state index in [4.69, 9.17) is 5.73 Å². The molecule has 7 nitrogen and oxygen atoms in total. The van der Waals surface area contributed by atoms with Crippen molar-refractivity contribution in [3.8, 4) is 0 Å². The Morgan fingerprint density at radius 3 is 2.89 bits per heavy atom. The Balaban J connectivity index is 2.45. The third kappa shape index (κ3) is 2.55. The first-order valence-corrected chi connectivity index (χ1v) is 6.57. The van der Waals surface area contributed by atoms with Crippen molar-refractivity contribution in [1.29, 1.82) is 0 Å². The predicted octanol–water partition coefficient (Wildman–Crippen LogP) is 0.699. The summed E-state index contributed by atoms with van der Waals surface area (Å²) in [5.74, 6) is -0.579. The summed E-state index contributed by atoms with van der Waals surface area (Å²) >= 11 is 0. The fourth-order valence-electron chi connectivity index (χ4n) is 1.69. The van der Waals surface area contributed by atoms with E-state index in [1.54, 1.807) is 0 Å². The second-order valence-corrected chi connectivity index (χ2v) is 5.48. The van der Waals surface area contributed by atoms with Crippen LogP contribution in [0.4, 0.5) is 10.1 Å². The highest BCUT2D eigenvalue weighted by atomic mass is 32.2. The lowest BCUT2D eigenvalue weighted by molar-refractivity contribution is -0.385. The van der Waals surface area contributed by atoms with Gasteiger partial charge in [-0.05, 0) is 6.07 Å². The highest BCUT2D eigenvalue weighted by Crippen LogP contribution is 2.28. The zero-order valence-electron chi connectivity index (χ0n) is 9.95. The molecule has 0 aliphatic carbocycles. The number of hydrogen-bond acceptors (Lipinski definition) is 5. The molecule has 0 bridgehead atoms. The van der Waals surface area contributed by atoms with Crippen LogP contribution in [-0.4, -0.2) is 32.2 Å². The zero-order valence-corrected chi connectivity index (χ0v) is 10.8. The maximum absolute atomic E-state index is 13.7. The van der Waals surface area contributed by atoms with Gasteiger partial charge < -0.3 is 5.73 Å². The SMILES string of the molecule is CN1C(N)=NC(c2cc([N+](=O)[O-])ccc2F)CS1=O. The minimum Gasteiger partial charge on any atom is -0.369 e. The van der Waals surface area contributed by atoms with E-state index >= 15 is 0 Å². The van der Waals surface area contributed by atoms with Crippen molar-refractivity contribution in [2.24, 2.45) is 10.7 Å². The van der Waals surface area contributed by atoms with Gasteiger partial charge in [0.15, 0.2) is 0 Å². The van der Waals surface area contributed by atoms with Crippen molar-refractivity contribution in [1.82, 2.24) is 4.31 Å². The van der Waals surface area contributed by atoms with E-state index in [9.17, 15) is 18.7 Å². The summed E-state index contributed by atoms with van der Waals surface area (Å²) in [6.07, 6.45) is 0. The molecule has 19 heavy (non-hydrogen) atoms. The number of guanidine groups is 1. The molecule has 0 radical (unpaired) electrons. The molecule has 1 aromatic carbocycles. The maximum Gasteiger partial charge on any atom is 0.269 e. The van der Waals surface area contributed by atoms with Crippen molar-refractivity contribution < 1.29 is 13.5 Å². The van der Waals surface area contributed by atoms with E-state index < -0.39 is 27.8 Å². The quantitative estimate of drug-likeness (QED) is 0.638. The van der Waals surface area contributed by atoms with Crippen LogP contribution < -0.4 is 5.73 Å². The lowest BCUT2D eigenvalue weighted by Gasteiger charge is -2.26. The van der Waals surface area contributed by atoms with E-state index in [0.29, 0.717) is 0 Å². The number of rotatable bonds is 2. The Bertz CT molecular complexity index is 592. The molecule has 2 unspecified atom stereocenters. The average molecular weight is 286 g/mol. The molecule has 0 amide bonds. The highest BCUT2D eigenvalue weighted by molar-refractivity contribution is 7.83. The van der Waals surface area contributed by atoms with Crippen LogP contribution in [0.1, 0.15) is 11.6 Å². The molecular weight excluding hydrogens is 275 g/mol. The second kappa shape index (κ2) is 4.92. The van der Waals surface area contributed by atoms with Gasteiger partial charge in [0, 0.05) is 24.7 Å². The molecule has 0 aromatic heterocycles. The molecule has 9 heteroatoms. The predicted molar refractivity (Wildman–Crippen MR) is 68.2 cm³/mol. The third-order valence-corrected chi connectivity index (χ3v) is 4.16. The molecule has 2 N–H and O–H groups in total. The van der Waals surface area contributed by atoms with Gasteiger partial charge in [-0.1, -0.05) is 0 Å². The summed E-state index contributed by atoms with van der Waals surface area (Å²) in [5.41, 5.74) is 5.36. The first kappa shape index (κ1) is 13.4. The Morgan fingerprint density at radius 1 is 1.63 bits per heavy atom. The number of nitrogens with zero attached hydrogens (tertiary/aromatic N) is 3. The fraction of sp³-hybridized carbons (Fsp3) is 0.300. The van der Waals surface area contributed by atoms with Gasteiger partial charge in [-0.3, -0.25) is 14.4 Å². The summed E-state index contributed by atoms with van der Waals surface area (Å²) in [4.78, 5) is 14.1. The first-order chi connectivity index (χ1) is 8.90. The van der Waals surface area contributed by atoms with Gasteiger partial charge in [0.05, 0.1) is 16.7 Å². The van der Waals surface area contributed by atoms with Crippen molar-refractivity contribution >= 4 is 22.6 Å². The summed E-state index contributed by atoms with van der Waals surface area (Å²) in [6, 6.07) is 2.38. The van der Waals surface area contributed by atoms with E-state index in [1.165, 1.54) is 11.4 Å². The van der Waals surface area contributed by atoms with Gasteiger partial charge >= 0.3 is 0 Å². The molecule has 1 aromatic rings. The molecule has 0 fully saturated rings. The molecular formula is C10H11FN4O3S. The minimum atomic E-state index is -1.43. The molecule has 1 aliphatic rings.